The van der Waals surface area contributed by atoms with Gasteiger partial charge >= 0.3 is 5.97 Å². The molecule has 1 fully saturated rings. The van der Waals surface area contributed by atoms with Crippen molar-refractivity contribution in [1.29, 1.82) is 0 Å². The van der Waals surface area contributed by atoms with E-state index in [0.717, 1.165) is 5.69 Å². The lowest BCUT2D eigenvalue weighted by molar-refractivity contribution is -0.150. The number of rotatable bonds is 3. The summed E-state index contributed by atoms with van der Waals surface area (Å²) in [6, 6.07) is 3.70. The quantitative estimate of drug-likeness (QED) is 0.918. The molecule has 1 aromatic heterocycles. The van der Waals surface area contributed by atoms with Gasteiger partial charge < -0.3 is 14.6 Å². The van der Waals surface area contributed by atoms with Crippen molar-refractivity contribution in [2.75, 3.05) is 13.1 Å². The highest BCUT2D eigenvalue weighted by Gasteiger charge is 2.48. The molecule has 2 heterocycles. The SMILES string of the molecule is Cc1ccc(C(=O)N2CCC(C(=O)O)(C(C)C)C2)n1C. The van der Waals surface area contributed by atoms with Crippen LogP contribution < -0.4 is 0 Å². The number of aryl methyl sites for hydroxylation is 1. The fraction of sp³-hybridized carbons (Fsp3) is 0.600. The molecule has 0 spiro atoms. The smallest absolute Gasteiger partial charge is 0.311 e. The van der Waals surface area contributed by atoms with Gasteiger partial charge in [0.15, 0.2) is 0 Å². The summed E-state index contributed by atoms with van der Waals surface area (Å²) in [6.45, 7) is 6.57. The summed E-state index contributed by atoms with van der Waals surface area (Å²) in [4.78, 5) is 25.8. The van der Waals surface area contributed by atoms with Crippen LogP contribution in [0.15, 0.2) is 12.1 Å². The van der Waals surface area contributed by atoms with Crippen molar-refractivity contribution >= 4 is 11.9 Å². The molecule has 1 saturated heterocycles. The van der Waals surface area contributed by atoms with Crippen LogP contribution in [-0.4, -0.2) is 39.5 Å². The van der Waals surface area contributed by atoms with Crippen molar-refractivity contribution in [3.05, 3.63) is 23.5 Å². The largest absolute Gasteiger partial charge is 0.481 e. The first kappa shape index (κ1) is 14.6. The normalized spacial score (nSPS) is 22.6. The molecule has 0 bridgehead atoms. The van der Waals surface area contributed by atoms with Gasteiger partial charge in [-0.05, 0) is 31.4 Å². The molecule has 110 valence electrons. The summed E-state index contributed by atoms with van der Waals surface area (Å²) >= 11 is 0. The first-order valence-corrected chi connectivity index (χ1v) is 6.94. The number of carboxylic acids is 1. The van der Waals surface area contributed by atoms with Gasteiger partial charge in [0.1, 0.15) is 5.69 Å². The average molecular weight is 278 g/mol. The zero-order valence-electron chi connectivity index (χ0n) is 12.5. The molecular weight excluding hydrogens is 256 g/mol. The van der Waals surface area contributed by atoms with Crippen LogP contribution in [0.25, 0.3) is 0 Å². The van der Waals surface area contributed by atoms with Crippen LogP contribution in [0.4, 0.5) is 0 Å². The predicted molar refractivity (Wildman–Crippen MR) is 75.6 cm³/mol. The molecule has 0 aromatic carbocycles. The Hall–Kier alpha value is -1.78. The third-order valence-electron chi connectivity index (χ3n) is 4.71. The molecule has 1 N–H and O–H groups in total. The zero-order chi connectivity index (χ0) is 15.1. The minimum atomic E-state index is -0.810. The fourth-order valence-corrected chi connectivity index (χ4v) is 2.89. The van der Waals surface area contributed by atoms with E-state index in [1.807, 2.05) is 38.5 Å². The van der Waals surface area contributed by atoms with E-state index in [-0.39, 0.29) is 11.8 Å². The van der Waals surface area contributed by atoms with Gasteiger partial charge in [-0.15, -0.1) is 0 Å². The van der Waals surface area contributed by atoms with E-state index in [4.69, 9.17) is 0 Å². The van der Waals surface area contributed by atoms with Crippen LogP contribution in [-0.2, 0) is 11.8 Å². The molecule has 5 nitrogen and oxygen atoms in total. The molecule has 2 rings (SSSR count). The Kier molecular flexibility index (Phi) is 3.63. The maximum atomic E-state index is 12.5. The molecule has 1 unspecified atom stereocenters. The minimum absolute atomic E-state index is 0.00736. The van der Waals surface area contributed by atoms with Gasteiger partial charge in [0.05, 0.1) is 5.41 Å². The Morgan fingerprint density at radius 1 is 1.35 bits per heavy atom. The number of carbonyl (C=O) groups excluding carboxylic acids is 1. The van der Waals surface area contributed by atoms with Crippen molar-refractivity contribution in [3.8, 4) is 0 Å². The van der Waals surface area contributed by atoms with E-state index >= 15 is 0 Å². The Bertz CT molecular complexity index is 547. The van der Waals surface area contributed by atoms with Gasteiger partial charge in [-0.2, -0.15) is 0 Å². The Labute approximate surface area is 119 Å². The molecule has 1 aliphatic heterocycles. The molecule has 5 heteroatoms. The monoisotopic (exact) mass is 278 g/mol. The molecule has 1 aromatic rings. The minimum Gasteiger partial charge on any atom is -0.481 e. The number of hydrogen-bond acceptors (Lipinski definition) is 2. The number of aliphatic carboxylic acids is 1. The van der Waals surface area contributed by atoms with Crippen molar-refractivity contribution < 1.29 is 14.7 Å². The highest BCUT2D eigenvalue weighted by Crippen LogP contribution is 2.38. The highest BCUT2D eigenvalue weighted by atomic mass is 16.4. The first-order valence-electron chi connectivity index (χ1n) is 6.94. The zero-order valence-corrected chi connectivity index (χ0v) is 12.5. The van der Waals surface area contributed by atoms with Crippen molar-refractivity contribution in [3.63, 3.8) is 0 Å². The number of carboxylic acid groups (broad SMARTS) is 1. The fourth-order valence-electron chi connectivity index (χ4n) is 2.89. The molecule has 1 aliphatic rings. The van der Waals surface area contributed by atoms with E-state index in [1.165, 1.54) is 0 Å². The van der Waals surface area contributed by atoms with Crippen LogP contribution >= 0.6 is 0 Å². The summed E-state index contributed by atoms with van der Waals surface area (Å²) in [5, 5.41) is 9.52. The number of amides is 1. The van der Waals surface area contributed by atoms with E-state index in [2.05, 4.69) is 0 Å². The van der Waals surface area contributed by atoms with Crippen LogP contribution in [0, 0.1) is 18.3 Å². The second kappa shape index (κ2) is 4.96. The average Bonchev–Trinajstić information content (AvgIpc) is 2.96. The second-order valence-electron chi connectivity index (χ2n) is 6.01. The van der Waals surface area contributed by atoms with Crippen molar-refractivity contribution in [1.82, 2.24) is 9.47 Å². The van der Waals surface area contributed by atoms with Gasteiger partial charge in [0.25, 0.3) is 5.91 Å². The molecule has 1 amide bonds. The van der Waals surface area contributed by atoms with Crippen LogP contribution in [0.5, 0.6) is 0 Å². The Morgan fingerprint density at radius 2 is 2.00 bits per heavy atom. The van der Waals surface area contributed by atoms with Crippen molar-refractivity contribution in [2.24, 2.45) is 18.4 Å². The maximum Gasteiger partial charge on any atom is 0.311 e. The van der Waals surface area contributed by atoms with Gasteiger partial charge in [-0.3, -0.25) is 9.59 Å². The Morgan fingerprint density at radius 3 is 2.40 bits per heavy atom. The van der Waals surface area contributed by atoms with E-state index in [0.29, 0.717) is 25.2 Å². The van der Waals surface area contributed by atoms with Gasteiger partial charge in [0.2, 0.25) is 0 Å². The highest BCUT2D eigenvalue weighted by molar-refractivity contribution is 5.94. The standard InChI is InChI=1S/C15H22N2O3/c1-10(2)15(14(19)20)7-8-17(9-15)13(18)12-6-5-11(3)16(12)4/h5-6,10H,7-9H2,1-4H3,(H,19,20). The topological polar surface area (TPSA) is 62.5 Å². The van der Waals surface area contributed by atoms with Gasteiger partial charge in [-0.25, -0.2) is 0 Å². The summed E-state index contributed by atoms with van der Waals surface area (Å²) in [5.41, 5.74) is 0.823. The number of hydrogen-bond donors (Lipinski definition) is 1. The molecular formula is C15H22N2O3. The molecule has 20 heavy (non-hydrogen) atoms. The molecule has 0 saturated carbocycles. The van der Waals surface area contributed by atoms with E-state index in [1.54, 1.807) is 11.0 Å². The van der Waals surface area contributed by atoms with Crippen LogP contribution in [0.1, 0.15) is 36.5 Å². The number of nitrogens with zero attached hydrogens (tertiary/aromatic N) is 2. The van der Waals surface area contributed by atoms with Crippen LogP contribution in [0.2, 0.25) is 0 Å². The molecule has 1 atom stereocenters. The number of aromatic nitrogens is 1. The third kappa shape index (κ3) is 2.11. The number of carbonyl (C=O) groups is 2. The second-order valence-corrected chi connectivity index (χ2v) is 6.01. The lowest BCUT2D eigenvalue weighted by atomic mass is 9.76. The van der Waals surface area contributed by atoms with E-state index in [9.17, 15) is 14.7 Å². The summed E-state index contributed by atoms with van der Waals surface area (Å²) < 4.78 is 1.85. The molecule has 0 radical (unpaired) electrons. The lowest BCUT2D eigenvalue weighted by Crippen LogP contribution is -2.40. The van der Waals surface area contributed by atoms with Crippen molar-refractivity contribution in [2.45, 2.75) is 27.2 Å². The Balaban J connectivity index is 2.23. The predicted octanol–water partition coefficient (Wildman–Crippen LogP) is 1.91. The lowest BCUT2D eigenvalue weighted by Gasteiger charge is -2.28. The summed E-state index contributed by atoms with van der Waals surface area (Å²) in [6.07, 6.45) is 0.523. The summed E-state index contributed by atoms with van der Waals surface area (Å²) in [5.74, 6) is -0.872. The number of likely N-dealkylation sites (tertiary alicyclic amines) is 1. The van der Waals surface area contributed by atoms with Gasteiger partial charge in [0, 0.05) is 25.8 Å². The van der Waals surface area contributed by atoms with Crippen LogP contribution in [0.3, 0.4) is 0 Å². The maximum absolute atomic E-state index is 12.5. The van der Waals surface area contributed by atoms with E-state index < -0.39 is 11.4 Å². The first-order chi connectivity index (χ1) is 9.29. The third-order valence-corrected chi connectivity index (χ3v) is 4.71. The summed E-state index contributed by atoms with van der Waals surface area (Å²) in [7, 11) is 1.85. The van der Waals surface area contributed by atoms with Gasteiger partial charge in [-0.1, -0.05) is 13.8 Å². The molecule has 0 aliphatic carbocycles.